The van der Waals surface area contributed by atoms with Gasteiger partial charge >= 0.3 is 0 Å². The van der Waals surface area contributed by atoms with Gasteiger partial charge in [0.25, 0.3) is 0 Å². The Hall–Kier alpha value is -2.94. The van der Waals surface area contributed by atoms with Crippen molar-refractivity contribution < 1.29 is 14.9 Å². The Morgan fingerprint density at radius 2 is 1.10 bits per heavy atom. The molecule has 3 nitrogen and oxygen atoms in total. The van der Waals surface area contributed by atoms with E-state index in [0.29, 0.717) is 11.5 Å². The number of aromatic hydroxyl groups is 2. The summed E-state index contributed by atoms with van der Waals surface area (Å²) in [4.78, 5) is 0. The highest BCUT2D eigenvalue weighted by atomic mass is 16.5. The fraction of sp³-hybridized carbons (Fsp3) is 0.333. The summed E-state index contributed by atoms with van der Waals surface area (Å²) < 4.78 is 5.09. The van der Waals surface area contributed by atoms with E-state index < -0.39 is 0 Å². The van der Waals surface area contributed by atoms with Gasteiger partial charge in [0, 0.05) is 5.56 Å². The minimum Gasteiger partial charge on any atom is -0.508 e. The lowest BCUT2D eigenvalue weighted by atomic mass is 9.84. The normalized spacial score (nSPS) is 11.4. The molecule has 160 valence electrons. The van der Waals surface area contributed by atoms with Crippen LogP contribution in [0.5, 0.6) is 17.2 Å². The molecule has 0 bridgehead atoms. The Kier molecular flexibility index (Phi) is 7.20. The third-order valence-corrected chi connectivity index (χ3v) is 4.92. The average Bonchev–Trinajstić information content (AvgIpc) is 2.68. The standard InChI is InChI=1S/C16H18O.C11H16O2/c1-16(2,3)14-11-13(9-10-15(14)17)12-7-5-4-6-8-12;1-11(2,3)9-7-8(13-4)5-6-10(9)12/h4-11,17H,1-3H3;5-7,12H,1-4H3. The van der Waals surface area contributed by atoms with Crippen molar-refractivity contribution in [3.05, 3.63) is 77.9 Å². The first kappa shape index (κ1) is 23.3. The number of benzene rings is 3. The summed E-state index contributed by atoms with van der Waals surface area (Å²) in [5, 5.41) is 19.5. The highest BCUT2D eigenvalue weighted by molar-refractivity contribution is 5.66. The quantitative estimate of drug-likeness (QED) is 0.479. The van der Waals surface area contributed by atoms with Gasteiger partial charge in [-0.1, -0.05) is 77.9 Å². The smallest absolute Gasteiger partial charge is 0.119 e. The minimum atomic E-state index is -0.0569. The third-order valence-electron chi connectivity index (χ3n) is 4.92. The molecule has 0 aromatic heterocycles. The maximum atomic E-state index is 9.92. The van der Waals surface area contributed by atoms with E-state index in [1.54, 1.807) is 25.3 Å². The Balaban J connectivity index is 0.000000222. The van der Waals surface area contributed by atoms with E-state index in [1.807, 2.05) is 30.3 Å². The van der Waals surface area contributed by atoms with Crippen LogP contribution in [0, 0.1) is 0 Å². The van der Waals surface area contributed by atoms with Gasteiger partial charge in [0.1, 0.15) is 17.2 Å². The van der Waals surface area contributed by atoms with Gasteiger partial charge in [0.05, 0.1) is 7.11 Å². The fourth-order valence-electron chi connectivity index (χ4n) is 3.19. The van der Waals surface area contributed by atoms with Crippen molar-refractivity contribution in [3.8, 4) is 28.4 Å². The van der Waals surface area contributed by atoms with Crippen LogP contribution in [0.25, 0.3) is 11.1 Å². The topological polar surface area (TPSA) is 49.7 Å². The summed E-state index contributed by atoms with van der Waals surface area (Å²) in [5.41, 5.74) is 4.12. The molecule has 0 aliphatic carbocycles. The predicted molar refractivity (Wildman–Crippen MR) is 126 cm³/mol. The van der Waals surface area contributed by atoms with Crippen LogP contribution in [0.2, 0.25) is 0 Å². The first-order valence-corrected chi connectivity index (χ1v) is 10.2. The number of phenolic OH excluding ortho intramolecular Hbond substituents is 2. The van der Waals surface area contributed by atoms with Gasteiger partial charge in [0.2, 0.25) is 0 Å². The molecule has 0 unspecified atom stereocenters. The second-order valence-electron chi connectivity index (χ2n) is 9.48. The Morgan fingerprint density at radius 3 is 1.60 bits per heavy atom. The Morgan fingerprint density at radius 1 is 0.600 bits per heavy atom. The van der Waals surface area contributed by atoms with Crippen LogP contribution < -0.4 is 4.74 Å². The first-order valence-electron chi connectivity index (χ1n) is 10.2. The summed E-state index contributed by atoms with van der Waals surface area (Å²) in [6.45, 7) is 12.5. The van der Waals surface area contributed by atoms with Crippen molar-refractivity contribution in [2.24, 2.45) is 0 Å². The molecule has 2 N–H and O–H groups in total. The lowest BCUT2D eigenvalue weighted by Crippen LogP contribution is -2.11. The highest BCUT2D eigenvalue weighted by Gasteiger charge is 2.19. The van der Waals surface area contributed by atoms with Crippen LogP contribution in [-0.4, -0.2) is 17.3 Å². The minimum absolute atomic E-state index is 0.0468. The number of ether oxygens (including phenoxy) is 1. The number of hydrogen-bond donors (Lipinski definition) is 2. The molecule has 3 aromatic carbocycles. The molecule has 0 aliphatic heterocycles. The second kappa shape index (κ2) is 9.25. The van der Waals surface area contributed by atoms with Gasteiger partial charge in [-0.2, -0.15) is 0 Å². The second-order valence-corrected chi connectivity index (χ2v) is 9.48. The van der Waals surface area contributed by atoms with E-state index in [9.17, 15) is 10.2 Å². The van der Waals surface area contributed by atoms with Crippen molar-refractivity contribution in [1.29, 1.82) is 0 Å². The van der Waals surface area contributed by atoms with Gasteiger partial charge in [-0.05, 0) is 57.9 Å². The molecule has 0 saturated heterocycles. The Bertz CT molecular complexity index is 962. The summed E-state index contributed by atoms with van der Waals surface area (Å²) in [6.07, 6.45) is 0. The van der Waals surface area contributed by atoms with Crippen molar-refractivity contribution in [2.75, 3.05) is 7.11 Å². The van der Waals surface area contributed by atoms with E-state index in [-0.39, 0.29) is 10.8 Å². The predicted octanol–water partition coefficient (Wildman–Crippen LogP) is 7.06. The van der Waals surface area contributed by atoms with Gasteiger partial charge in [-0.3, -0.25) is 0 Å². The molecule has 0 atom stereocenters. The zero-order chi connectivity index (χ0) is 22.5. The molecule has 0 spiro atoms. The van der Waals surface area contributed by atoms with Crippen molar-refractivity contribution in [2.45, 2.75) is 52.4 Å². The molecule has 0 amide bonds. The Labute approximate surface area is 181 Å². The summed E-state index contributed by atoms with van der Waals surface area (Å²) in [6, 6.07) is 21.3. The summed E-state index contributed by atoms with van der Waals surface area (Å²) in [7, 11) is 1.62. The van der Waals surface area contributed by atoms with Gasteiger partial charge < -0.3 is 14.9 Å². The number of hydrogen-bond acceptors (Lipinski definition) is 3. The SMILES string of the molecule is CC(C)(C)c1cc(-c2ccccc2)ccc1O.COc1ccc(O)c(C(C)(C)C)c1. The summed E-state index contributed by atoms with van der Waals surface area (Å²) in [5.74, 6) is 1.48. The van der Waals surface area contributed by atoms with E-state index in [1.165, 1.54) is 5.56 Å². The van der Waals surface area contributed by atoms with Crippen molar-refractivity contribution in [1.82, 2.24) is 0 Å². The van der Waals surface area contributed by atoms with E-state index in [4.69, 9.17) is 4.74 Å². The molecule has 0 aliphatic rings. The largest absolute Gasteiger partial charge is 0.508 e. The maximum absolute atomic E-state index is 9.92. The molecule has 0 heterocycles. The van der Waals surface area contributed by atoms with Gasteiger partial charge in [0.15, 0.2) is 0 Å². The number of phenols is 2. The van der Waals surface area contributed by atoms with Crippen molar-refractivity contribution >= 4 is 0 Å². The zero-order valence-electron chi connectivity index (χ0n) is 19.2. The highest BCUT2D eigenvalue weighted by Crippen LogP contribution is 2.34. The maximum Gasteiger partial charge on any atom is 0.119 e. The van der Waals surface area contributed by atoms with E-state index in [2.05, 4.69) is 59.7 Å². The molecule has 3 aromatic rings. The molecule has 3 rings (SSSR count). The van der Waals surface area contributed by atoms with Crippen LogP contribution >= 0.6 is 0 Å². The number of methoxy groups -OCH3 is 1. The van der Waals surface area contributed by atoms with Gasteiger partial charge in [-0.25, -0.2) is 0 Å². The van der Waals surface area contributed by atoms with E-state index >= 15 is 0 Å². The van der Waals surface area contributed by atoms with Crippen LogP contribution in [0.1, 0.15) is 52.7 Å². The van der Waals surface area contributed by atoms with E-state index in [0.717, 1.165) is 22.4 Å². The molecule has 30 heavy (non-hydrogen) atoms. The molecule has 3 heteroatoms. The lowest BCUT2D eigenvalue weighted by molar-refractivity contribution is 0.405. The number of rotatable bonds is 2. The molecule has 0 fully saturated rings. The van der Waals surface area contributed by atoms with Crippen LogP contribution in [0.3, 0.4) is 0 Å². The first-order chi connectivity index (χ1) is 13.9. The fourth-order valence-corrected chi connectivity index (χ4v) is 3.19. The molecule has 0 saturated carbocycles. The molecule has 0 radical (unpaired) electrons. The zero-order valence-corrected chi connectivity index (χ0v) is 19.2. The summed E-state index contributed by atoms with van der Waals surface area (Å²) >= 11 is 0. The van der Waals surface area contributed by atoms with Crippen molar-refractivity contribution in [3.63, 3.8) is 0 Å². The van der Waals surface area contributed by atoms with Crippen LogP contribution in [0.4, 0.5) is 0 Å². The monoisotopic (exact) mass is 406 g/mol. The third kappa shape index (κ3) is 6.03. The van der Waals surface area contributed by atoms with Crippen LogP contribution in [-0.2, 0) is 10.8 Å². The molecular weight excluding hydrogens is 372 g/mol. The average molecular weight is 407 g/mol. The van der Waals surface area contributed by atoms with Crippen LogP contribution in [0.15, 0.2) is 66.7 Å². The molecular formula is C27H34O3. The lowest BCUT2D eigenvalue weighted by Gasteiger charge is -2.21. The van der Waals surface area contributed by atoms with Gasteiger partial charge in [-0.15, -0.1) is 0 Å².